The molecule has 0 saturated carbocycles. The van der Waals surface area contributed by atoms with E-state index in [2.05, 4.69) is 0 Å². The Bertz CT molecular complexity index is 681. The lowest BCUT2D eigenvalue weighted by molar-refractivity contribution is 0.00559. The topological polar surface area (TPSA) is 40.5 Å². The minimum absolute atomic E-state index is 0.0274. The summed E-state index contributed by atoms with van der Waals surface area (Å²) in [7, 11) is 0. The molecule has 21 heavy (non-hydrogen) atoms. The summed E-state index contributed by atoms with van der Waals surface area (Å²) in [6.45, 7) is 0.522. The van der Waals surface area contributed by atoms with Gasteiger partial charge < -0.3 is 10.0 Å². The third-order valence-corrected chi connectivity index (χ3v) is 3.78. The average Bonchev–Trinajstić information content (AvgIpc) is 2.44. The molecule has 0 radical (unpaired) electrons. The Morgan fingerprint density at radius 1 is 1.14 bits per heavy atom. The summed E-state index contributed by atoms with van der Waals surface area (Å²) >= 11 is 5.82. The minimum Gasteiger partial charge on any atom is -0.389 e. The minimum atomic E-state index is -0.561. The van der Waals surface area contributed by atoms with Crippen molar-refractivity contribution in [3.05, 3.63) is 58.9 Å². The van der Waals surface area contributed by atoms with E-state index in [0.717, 1.165) is 5.56 Å². The number of hydrogen-bond donors (Lipinski definition) is 1. The molecule has 1 aliphatic heterocycles. The van der Waals surface area contributed by atoms with Gasteiger partial charge in [0.1, 0.15) is 5.82 Å². The van der Waals surface area contributed by atoms with Crippen LogP contribution in [-0.4, -0.2) is 35.1 Å². The number of amides is 1. The second-order valence-corrected chi connectivity index (χ2v) is 5.50. The summed E-state index contributed by atoms with van der Waals surface area (Å²) in [6.07, 6.45) is -0.495. The van der Waals surface area contributed by atoms with E-state index < -0.39 is 11.9 Å². The van der Waals surface area contributed by atoms with Crippen LogP contribution in [0.2, 0.25) is 5.02 Å². The first kappa shape index (κ1) is 14.0. The molecule has 2 aromatic carbocycles. The zero-order valence-corrected chi connectivity index (χ0v) is 11.8. The standard InChI is InChI=1S/C16H13ClFNO2/c17-12-4-1-10(2-5-12)11-3-6-14(15(18)7-11)16(21)19-8-13(20)9-19/h1-7,13,20H,8-9H2. The van der Waals surface area contributed by atoms with Gasteiger partial charge in [-0.2, -0.15) is 0 Å². The van der Waals surface area contributed by atoms with E-state index in [-0.39, 0.29) is 24.6 Å². The Balaban J connectivity index is 1.86. The molecule has 1 saturated heterocycles. The molecular weight excluding hydrogens is 293 g/mol. The highest BCUT2D eigenvalue weighted by Gasteiger charge is 2.30. The molecule has 0 aromatic heterocycles. The van der Waals surface area contributed by atoms with Gasteiger partial charge in [-0.3, -0.25) is 4.79 Å². The maximum absolute atomic E-state index is 14.1. The van der Waals surface area contributed by atoms with E-state index in [1.165, 1.54) is 17.0 Å². The van der Waals surface area contributed by atoms with Gasteiger partial charge >= 0.3 is 0 Å². The summed E-state index contributed by atoms with van der Waals surface area (Å²) in [5.41, 5.74) is 1.54. The van der Waals surface area contributed by atoms with Gasteiger partial charge in [0.15, 0.2) is 0 Å². The molecule has 5 heteroatoms. The lowest BCUT2D eigenvalue weighted by atomic mass is 10.0. The molecule has 0 unspecified atom stereocenters. The highest BCUT2D eigenvalue weighted by atomic mass is 35.5. The molecule has 0 atom stereocenters. The smallest absolute Gasteiger partial charge is 0.257 e. The Morgan fingerprint density at radius 2 is 1.76 bits per heavy atom. The normalized spacial score (nSPS) is 14.9. The van der Waals surface area contributed by atoms with Crippen molar-refractivity contribution in [1.29, 1.82) is 0 Å². The molecule has 1 N–H and O–H groups in total. The van der Waals surface area contributed by atoms with Crippen molar-refractivity contribution >= 4 is 17.5 Å². The number of β-amino-alcohol motifs (C(OH)–C–C–N with tert-alkyl or cyclic N) is 1. The lowest BCUT2D eigenvalue weighted by Crippen LogP contribution is -2.53. The summed E-state index contributed by atoms with van der Waals surface area (Å²) in [5, 5.41) is 9.81. The van der Waals surface area contributed by atoms with Crippen molar-refractivity contribution in [3.63, 3.8) is 0 Å². The van der Waals surface area contributed by atoms with Gasteiger partial charge in [0.2, 0.25) is 0 Å². The largest absolute Gasteiger partial charge is 0.389 e. The molecule has 1 aliphatic rings. The Hall–Kier alpha value is -1.91. The molecule has 1 fully saturated rings. The van der Waals surface area contributed by atoms with Crippen molar-refractivity contribution in [2.75, 3.05) is 13.1 Å². The van der Waals surface area contributed by atoms with Crippen molar-refractivity contribution in [3.8, 4) is 11.1 Å². The van der Waals surface area contributed by atoms with E-state index in [4.69, 9.17) is 11.6 Å². The zero-order valence-electron chi connectivity index (χ0n) is 11.1. The fourth-order valence-corrected chi connectivity index (χ4v) is 2.43. The van der Waals surface area contributed by atoms with Gasteiger partial charge in [0.05, 0.1) is 11.7 Å². The van der Waals surface area contributed by atoms with Crippen LogP contribution < -0.4 is 0 Å². The Kier molecular flexibility index (Phi) is 3.66. The van der Waals surface area contributed by atoms with E-state index in [9.17, 15) is 14.3 Å². The molecule has 0 spiro atoms. The van der Waals surface area contributed by atoms with Crippen molar-refractivity contribution in [2.24, 2.45) is 0 Å². The van der Waals surface area contributed by atoms with E-state index >= 15 is 0 Å². The van der Waals surface area contributed by atoms with Gasteiger partial charge in [-0.1, -0.05) is 29.8 Å². The molecule has 1 amide bonds. The average molecular weight is 306 g/mol. The van der Waals surface area contributed by atoms with Crippen LogP contribution in [0, 0.1) is 5.82 Å². The zero-order chi connectivity index (χ0) is 15.0. The molecule has 108 valence electrons. The fourth-order valence-electron chi connectivity index (χ4n) is 2.30. The van der Waals surface area contributed by atoms with Crippen LogP contribution in [0.25, 0.3) is 11.1 Å². The van der Waals surface area contributed by atoms with Crippen molar-refractivity contribution in [1.82, 2.24) is 4.90 Å². The number of hydrogen-bond acceptors (Lipinski definition) is 2. The SMILES string of the molecule is O=C(c1ccc(-c2ccc(Cl)cc2)cc1F)N1CC(O)C1. The van der Waals surface area contributed by atoms with Crippen molar-refractivity contribution in [2.45, 2.75) is 6.10 Å². The van der Waals surface area contributed by atoms with Crippen LogP contribution >= 0.6 is 11.6 Å². The van der Waals surface area contributed by atoms with E-state index in [0.29, 0.717) is 10.6 Å². The highest BCUT2D eigenvalue weighted by Crippen LogP contribution is 2.25. The summed E-state index contributed by atoms with van der Waals surface area (Å²) in [4.78, 5) is 13.5. The maximum atomic E-state index is 14.1. The molecule has 3 nitrogen and oxygen atoms in total. The second-order valence-electron chi connectivity index (χ2n) is 5.07. The number of nitrogens with zero attached hydrogens (tertiary/aromatic N) is 1. The van der Waals surface area contributed by atoms with E-state index in [1.54, 1.807) is 30.3 Å². The third kappa shape index (κ3) is 2.77. The molecule has 2 aromatic rings. The molecule has 0 bridgehead atoms. The highest BCUT2D eigenvalue weighted by molar-refractivity contribution is 6.30. The Labute approximate surface area is 126 Å². The molecule has 3 rings (SSSR count). The molecule has 1 heterocycles. The van der Waals surface area contributed by atoms with Crippen LogP contribution in [-0.2, 0) is 0 Å². The van der Waals surface area contributed by atoms with Crippen LogP contribution in [0.4, 0.5) is 4.39 Å². The number of likely N-dealkylation sites (tertiary alicyclic amines) is 1. The van der Waals surface area contributed by atoms with Crippen LogP contribution in [0.1, 0.15) is 10.4 Å². The lowest BCUT2D eigenvalue weighted by Gasteiger charge is -2.35. The number of benzene rings is 2. The maximum Gasteiger partial charge on any atom is 0.257 e. The van der Waals surface area contributed by atoms with Crippen LogP contribution in [0.3, 0.4) is 0 Å². The van der Waals surface area contributed by atoms with Crippen LogP contribution in [0.15, 0.2) is 42.5 Å². The van der Waals surface area contributed by atoms with Gasteiger partial charge in [0.25, 0.3) is 5.91 Å². The quantitative estimate of drug-likeness (QED) is 0.926. The number of aliphatic hydroxyl groups excluding tert-OH is 1. The molecule has 0 aliphatic carbocycles. The van der Waals surface area contributed by atoms with Crippen molar-refractivity contribution < 1.29 is 14.3 Å². The predicted molar refractivity (Wildman–Crippen MR) is 78.8 cm³/mol. The molecular formula is C16H13ClFNO2. The van der Waals surface area contributed by atoms with Gasteiger partial charge in [-0.15, -0.1) is 0 Å². The monoisotopic (exact) mass is 305 g/mol. The number of halogens is 2. The number of aliphatic hydroxyl groups is 1. The fraction of sp³-hybridized carbons (Fsp3) is 0.188. The van der Waals surface area contributed by atoms with Gasteiger partial charge in [-0.05, 0) is 35.4 Å². The van der Waals surface area contributed by atoms with Gasteiger partial charge in [-0.25, -0.2) is 4.39 Å². The Morgan fingerprint density at radius 3 is 2.33 bits per heavy atom. The summed E-state index contributed by atoms with van der Waals surface area (Å²) in [5.74, 6) is -0.950. The second kappa shape index (κ2) is 5.47. The number of rotatable bonds is 2. The number of carbonyl (C=O) groups is 1. The third-order valence-electron chi connectivity index (χ3n) is 3.53. The van der Waals surface area contributed by atoms with Crippen LogP contribution in [0.5, 0.6) is 0 Å². The first-order chi connectivity index (χ1) is 10.0. The first-order valence-corrected chi connectivity index (χ1v) is 6.95. The summed E-state index contributed by atoms with van der Waals surface area (Å²) < 4.78 is 14.1. The summed E-state index contributed by atoms with van der Waals surface area (Å²) in [6, 6.07) is 11.6. The number of carbonyl (C=O) groups excluding carboxylic acids is 1. The first-order valence-electron chi connectivity index (χ1n) is 6.57. The van der Waals surface area contributed by atoms with E-state index in [1.807, 2.05) is 0 Å². The van der Waals surface area contributed by atoms with Gasteiger partial charge in [0, 0.05) is 18.1 Å². The predicted octanol–water partition coefficient (Wildman–Crippen LogP) is 2.96.